The zero-order valence-corrected chi connectivity index (χ0v) is 11.6. The molecule has 2 heteroatoms. The molecule has 0 radical (unpaired) electrons. The van der Waals surface area contributed by atoms with E-state index in [1.54, 1.807) is 0 Å². The standard InChI is InChI=1S/C15H30O2/c1-2-16-17-14-15-12-10-8-6-4-3-5-7-9-11-13-15/h15H,2-14H2,1H3. The molecule has 102 valence electrons. The first-order valence-electron chi connectivity index (χ1n) is 7.68. The summed E-state index contributed by atoms with van der Waals surface area (Å²) in [6, 6.07) is 0. The van der Waals surface area contributed by atoms with Crippen molar-refractivity contribution in [2.45, 2.75) is 77.6 Å². The summed E-state index contributed by atoms with van der Waals surface area (Å²) in [7, 11) is 0. The predicted molar refractivity (Wildman–Crippen MR) is 71.9 cm³/mol. The molecule has 0 aliphatic heterocycles. The normalized spacial score (nSPS) is 21.7. The Kier molecular flexibility index (Phi) is 9.72. The van der Waals surface area contributed by atoms with Gasteiger partial charge in [-0.3, -0.25) is 0 Å². The largest absolute Gasteiger partial charge is 0.237 e. The molecule has 0 aromatic heterocycles. The maximum absolute atomic E-state index is 5.25. The highest BCUT2D eigenvalue weighted by molar-refractivity contribution is 4.61. The van der Waals surface area contributed by atoms with Gasteiger partial charge in [0.05, 0.1) is 13.2 Å². The van der Waals surface area contributed by atoms with Gasteiger partial charge in [-0.15, -0.1) is 0 Å². The highest BCUT2D eigenvalue weighted by atomic mass is 17.2. The van der Waals surface area contributed by atoms with Crippen LogP contribution in [0.2, 0.25) is 0 Å². The molecule has 0 unspecified atom stereocenters. The second-order valence-corrected chi connectivity index (χ2v) is 5.32. The molecule has 1 saturated carbocycles. The van der Waals surface area contributed by atoms with Crippen LogP contribution in [0.15, 0.2) is 0 Å². The fourth-order valence-corrected chi connectivity index (χ4v) is 2.64. The summed E-state index contributed by atoms with van der Waals surface area (Å²) in [6.45, 7) is 3.43. The third kappa shape index (κ3) is 8.62. The molecule has 17 heavy (non-hydrogen) atoms. The average molecular weight is 242 g/mol. The molecule has 1 rings (SSSR count). The highest BCUT2D eigenvalue weighted by Gasteiger charge is 2.10. The van der Waals surface area contributed by atoms with Gasteiger partial charge >= 0.3 is 0 Å². The lowest BCUT2D eigenvalue weighted by Gasteiger charge is -2.17. The summed E-state index contributed by atoms with van der Waals surface area (Å²) < 4.78 is 0. The number of hydrogen-bond acceptors (Lipinski definition) is 2. The number of hydrogen-bond donors (Lipinski definition) is 0. The average Bonchev–Trinajstić information content (AvgIpc) is 2.32. The van der Waals surface area contributed by atoms with Gasteiger partial charge in [0, 0.05) is 0 Å². The van der Waals surface area contributed by atoms with Gasteiger partial charge in [-0.2, -0.15) is 0 Å². The molecule has 0 saturated heterocycles. The van der Waals surface area contributed by atoms with Crippen LogP contribution < -0.4 is 0 Å². The smallest absolute Gasteiger partial charge is 0.0850 e. The van der Waals surface area contributed by atoms with Crippen molar-refractivity contribution >= 4 is 0 Å². The van der Waals surface area contributed by atoms with Crippen LogP contribution in [-0.2, 0) is 9.78 Å². The van der Waals surface area contributed by atoms with Crippen LogP contribution in [0.25, 0.3) is 0 Å². The Balaban J connectivity index is 2.17. The summed E-state index contributed by atoms with van der Waals surface area (Å²) in [5.74, 6) is 0.723. The second-order valence-electron chi connectivity index (χ2n) is 5.32. The molecule has 2 nitrogen and oxygen atoms in total. The molecule has 0 aromatic rings. The number of rotatable bonds is 4. The maximum Gasteiger partial charge on any atom is 0.0850 e. The van der Waals surface area contributed by atoms with Crippen LogP contribution in [-0.4, -0.2) is 13.2 Å². The van der Waals surface area contributed by atoms with Gasteiger partial charge in [0.2, 0.25) is 0 Å². The van der Waals surface area contributed by atoms with E-state index in [9.17, 15) is 0 Å². The fraction of sp³-hybridized carbons (Fsp3) is 1.00. The minimum absolute atomic E-state index is 0.659. The zero-order valence-electron chi connectivity index (χ0n) is 11.6. The molecule has 0 amide bonds. The Bertz CT molecular complexity index is 147. The molecular weight excluding hydrogens is 212 g/mol. The summed E-state index contributed by atoms with van der Waals surface area (Å²) in [5, 5.41) is 0. The Morgan fingerprint density at radius 2 is 1.18 bits per heavy atom. The molecular formula is C15H30O2. The fourth-order valence-electron chi connectivity index (χ4n) is 2.64. The van der Waals surface area contributed by atoms with E-state index < -0.39 is 0 Å². The van der Waals surface area contributed by atoms with Gasteiger partial charge in [0.25, 0.3) is 0 Å². The maximum atomic E-state index is 5.25. The second kappa shape index (κ2) is 11.0. The van der Waals surface area contributed by atoms with E-state index in [1.165, 1.54) is 70.6 Å². The van der Waals surface area contributed by atoms with Crippen molar-refractivity contribution in [1.82, 2.24) is 0 Å². The summed E-state index contributed by atoms with van der Waals surface area (Å²) >= 11 is 0. The van der Waals surface area contributed by atoms with E-state index in [4.69, 9.17) is 9.78 Å². The van der Waals surface area contributed by atoms with E-state index >= 15 is 0 Å². The lowest BCUT2D eigenvalue weighted by Crippen LogP contribution is -2.11. The van der Waals surface area contributed by atoms with Crippen LogP contribution in [0.5, 0.6) is 0 Å². The van der Waals surface area contributed by atoms with Crippen molar-refractivity contribution in [3.05, 3.63) is 0 Å². The van der Waals surface area contributed by atoms with E-state index in [2.05, 4.69) is 0 Å². The van der Waals surface area contributed by atoms with Gasteiger partial charge in [-0.25, -0.2) is 9.78 Å². The summed E-state index contributed by atoms with van der Waals surface area (Å²) in [4.78, 5) is 10.3. The van der Waals surface area contributed by atoms with E-state index in [-0.39, 0.29) is 0 Å². The van der Waals surface area contributed by atoms with Gasteiger partial charge in [-0.05, 0) is 25.7 Å². The molecule has 0 atom stereocenters. The third-order valence-electron chi connectivity index (χ3n) is 3.73. The van der Waals surface area contributed by atoms with Gasteiger partial charge in [-0.1, -0.05) is 57.8 Å². The minimum Gasteiger partial charge on any atom is -0.237 e. The molecule has 1 fully saturated rings. The van der Waals surface area contributed by atoms with Gasteiger partial charge in [0.1, 0.15) is 0 Å². The SMILES string of the molecule is CCOOCC1CCCCCCCCCCC1. The van der Waals surface area contributed by atoms with Gasteiger partial charge in [0.15, 0.2) is 0 Å². The van der Waals surface area contributed by atoms with Crippen molar-refractivity contribution in [2.75, 3.05) is 13.2 Å². The zero-order chi connectivity index (χ0) is 12.2. The van der Waals surface area contributed by atoms with Crippen LogP contribution >= 0.6 is 0 Å². The van der Waals surface area contributed by atoms with Crippen molar-refractivity contribution in [2.24, 2.45) is 5.92 Å². The first-order chi connectivity index (χ1) is 8.43. The van der Waals surface area contributed by atoms with Crippen molar-refractivity contribution in [1.29, 1.82) is 0 Å². The predicted octanol–water partition coefficient (Wildman–Crippen LogP) is 4.88. The Morgan fingerprint density at radius 3 is 1.65 bits per heavy atom. The Morgan fingerprint density at radius 1 is 0.706 bits per heavy atom. The highest BCUT2D eigenvalue weighted by Crippen LogP contribution is 2.21. The molecule has 1 aliphatic rings. The van der Waals surface area contributed by atoms with E-state index in [0.717, 1.165) is 12.5 Å². The van der Waals surface area contributed by atoms with Crippen LogP contribution in [0, 0.1) is 5.92 Å². The summed E-state index contributed by atoms with van der Waals surface area (Å²) in [6.07, 6.45) is 15.4. The molecule has 0 N–H and O–H groups in total. The van der Waals surface area contributed by atoms with Crippen LogP contribution in [0.1, 0.15) is 77.6 Å². The van der Waals surface area contributed by atoms with E-state index in [1.807, 2.05) is 6.92 Å². The van der Waals surface area contributed by atoms with Crippen LogP contribution in [0.3, 0.4) is 0 Å². The molecule has 1 aliphatic carbocycles. The van der Waals surface area contributed by atoms with E-state index in [0.29, 0.717) is 6.61 Å². The Labute approximate surface area is 107 Å². The molecule has 0 bridgehead atoms. The molecule has 0 heterocycles. The van der Waals surface area contributed by atoms with Gasteiger partial charge < -0.3 is 0 Å². The topological polar surface area (TPSA) is 18.5 Å². The first-order valence-corrected chi connectivity index (χ1v) is 7.68. The third-order valence-corrected chi connectivity index (χ3v) is 3.73. The Hall–Kier alpha value is -0.0800. The first kappa shape index (κ1) is 15.0. The lowest BCUT2D eigenvalue weighted by atomic mass is 9.93. The molecule has 0 aromatic carbocycles. The quantitative estimate of drug-likeness (QED) is 0.397. The molecule has 0 spiro atoms. The monoisotopic (exact) mass is 242 g/mol. The minimum atomic E-state index is 0.659. The lowest BCUT2D eigenvalue weighted by molar-refractivity contribution is -0.298. The summed E-state index contributed by atoms with van der Waals surface area (Å²) in [5.41, 5.74) is 0. The van der Waals surface area contributed by atoms with Crippen molar-refractivity contribution in [3.8, 4) is 0 Å². The van der Waals surface area contributed by atoms with Crippen molar-refractivity contribution in [3.63, 3.8) is 0 Å². The van der Waals surface area contributed by atoms with Crippen LogP contribution in [0.4, 0.5) is 0 Å². The van der Waals surface area contributed by atoms with Crippen molar-refractivity contribution < 1.29 is 9.78 Å².